The van der Waals surface area contributed by atoms with Crippen molar-refractivity contribution in [2.45, 2.75) is 83.2 Å². The Morgan fingerprint density at radius 3 is 2.36 bits per heavy atom. The number of guanidine groups is 1. The second kappa shape index (κ2) is 19.3. The van der Waals surface area contributed by atoms with Gasteiger partial charge in [0.25, 0.3) is 0 Å². The number of carbonyl (C=O) groups excluding carboxylic acids is 4. The average Bonchev–Trinajstić information content (AvgIpc) is 3.55. The number of esters is 1. The number of rotatable bonds is 15. The number of quaternary nitrogens is 1. The van der Waals surface area contributed by atoms with Gasteiger partial charge in [-0.05, 0) is 69.1 Å². The molecule has 50 heavy (non-hydrogen) atoms. The summed E-state index contributed by atoms with van der Waals surface area (Å²) in [5.41, 5.74) is 15.0. The highest BCUT2D eigenvalue weighted by atomic mass is 16.5. The van der Waals surface area contributed by atoms with E-state index in [4.69, 9.17) is 21.3 Å². The van der Waals surface area contributed by atoms with Gasteiger partial charge in [0.1, 0.15) is 6.04 Å². The molecule has 1 fully saturated rings. The number of nitrogens with zero attached hydrogens (tertiary/aromatic N) is 2. The van der Waals surface area contributed by atoms with Gasteiger partial charge in [-0.3, -0.25) is 19.4 Å². The lowest BCUT2D eigenvalue weighted by molar-refractivity contribution is -0.409. The van der Waals surface area contributed by atoms with E-state index in [1.807, 2.05) is 42.5 Å². The molecule has 0 unspecified atom stereocenters. The molecule has 0 radical (unpaired) electrons. The summed E-state index contributed by atoms with van der Waals surface area (Å²) in [5, 5.41) is 22.9. The van der Waals surface area contributed by atoms with Crippen molar-refractivity contribution in [2.75, 3.05) is 24.6 Å². The van der Waals surface area contributed by atoms with E-state index >= 15 is 0 Å². The van der Waals surface area contributed by atoms with Gasteiger partial charge in [-0.1, -0.05) is 61.4 Å². The van der Waals surface area contributed by atoms with Crippen LogP contribution >= 0.6 is 0 Å². The molecule has 3 atom stereocenters. The van der Waals surface area contributed by atoms with Gasteiger partial charge in [0.15, 0.2) is 12.0 Å². The Labute approximate surface area is 292 Å². The summed E-state index contributed by atoms with van der Waals surface area (Å²) in [5.74, 6) is -4.10. The Morgan fingerprint density at radius 1 is 1.08 bits per heavy atom. The summed E-state index contributed by atoms with van der Waals surface area (Å²) in [6, 6.07) is 15.5. The number of ether oxygens (including phenoxy) is 1. The lowest BCUT2D eigenvalue weighted by Gasteiger charge is -2.36. The molecule has 0 spiro atoms. The standard InChI is InChI=1S/C30H36N2O6.C6H14N4O2/c1-2-38-28(36)23(16-14-21-10-4-3-5-11-21)30(18-8-9-19-30)29(37)31-24-17-15-22-12-6-7-13-25(22)32(27(24)35)20-26(33)34;7-4(5(11)12)2-1-3-10-6(8)9/h3-7,10-13,23-24H,2,8-9,14-20H2,1H3,(H,31,37)(H,33,34);4H,1-3,7H2,(H,11,12)(H4,8,9,10)/t23-,24-;4-/m00/s1. The quantitative estimate of drug-likeness (QED) is 0.0739. The fourth-order valence-corrected chi connectivity index (χ4v) is 6.67. The van der Waals surface area contributed by atoms with Crippen molar-refractivity contribution in [2.24, 2.45) is 27.8 Å². The topological polar surface area (TPSA) is 245 Å². The van der Waals surface area contributed by atoms with Crippen LogP contribution in [0, 0.1) is 11.3 Å². The fourth-order valence-electron chi connectivity index (χ4n) is 6.67. The second-order valence-corrected chi connectivity index (χ2v) is 12.7. The smallest absolute Gasteiger partial charge is 0.362 e. The monoisotopic (exact) mass is 694 g/mol. The number of para-hydroxylation sites is 1. The van der Waals surface area contributed by atoms with Crippen molar-refractivity contribution in [1.82, 2.24) is 5.32 Å². The Hall–Kier alpha value is -4.98. The molecule has 14 heteroatoms. The number of carboxylic acid groups (broad SMARTS) is 2. The lowest BCUT2D eigenvalue weighted by Crippen LogP contribution is -2.64. The number of carbonyl (C=O) groups is 5. The number of hydrogen-bond acceptors (Lipinski definition) is 8. The largest absolute Gasteiger partial charge is 0.548 e. The molecule has 9 N–H and O–H groups in total. The molecule has 0 saturated heterocycles. The van der Waals surface area contributed by atoms with E-state index in [1.54, 1.807) is 19.1 Å². The van der Waals surface area contributed by atoms with Crippen LogP contribution in [0.2, 0.25) is 0 Å². The Balaban J connectivity index is 0.000000482. The van der Waals surface area contributed by atoms with E-state index in [1.165, 1.54) is 4.90 Å². The molecule has 14 nitrogen and oxygen atoms in total. The van der Waals surface area contributed by atoms with Crippen LogP contribution < -0.4 is 32.5 Å². The molecule has 2 aromatic carbocycles. The number of nitrogens with one attached hydrogen (secondary N) is 1. The molecule has 1 aliphatic heterocycles. The van der Waals surface area contributed by atoms with Gasteiger partial charge in [-0.25, -0.2) is 4.79 Å². The summed E-state index contributed by atoms with van der Waals surface area (Å²) in [6.07, 6.45) is 5.69. The van der Waals surface area contributed by atoms with Crippen molar-refractivity contribution in [3.05, 3.63) is 65.7 Å². The zero-order valence-electron chi connectivity index (χ0n) is 28.7. The summed E-state index contributed by atoms with van der Waals surface area (Å²) in [6.45, 7) is 1.83. The van der Waals surface area contributed by atoms with Gasteiger partial charge in [0.05, 0.1) is 30.5 Å². The highest BCUT2D eigenvalue weighted by molar-refractivity contribution is 6.03. The third-order valence-corrected chi connectivity index (χ3v) is 9.25. The van der Waals surface area contributed by atoms with E-state index < -0.39 is 53.8 Å². The lowest BCUT2D eigenvalue weighted by atomic mass is 9.70. The number of aryl methyl sites for hydroxylation is 2. The Kier molecular flexibility index (Phi) is 15.2. The van der Waals surface area contributed by atoms with Gasteiger partial charge < -0.3 is 47.2 Å². The number of nitrogens with two attached hydrogens (primary N) is 2. The molecule has 1 heterocycles. The van der Waals surface area contributed by atoms with Crippen LogP contribution in [0.15, 0.2) is 59.6 Å². The predicted molar refractivity (Wildman–Crippen MR) is 184 cm³/mol. The van der Waals surface area contributed by atoms with Crippen LogP contribution in [0.5, 0.6) is 0 Å². The van der Waals surface area contributed by atoms with Crippen LogP contribution in [0.1, 0.15) is 69.4 Å². The third-order valence-electron chi connectivity index (χ3n) is 9.25. The van der Waals surface area contributed by atoms with Crippen LogP contribution in [0.25, 0.3) is 0 Å². The number of hydrogen-bond donors (Lipinski definition) is 5. The normalized spacial score (nSPS) is 17.5. The van der Waals surface area contributed by atoms with E-state index in [0.29, 0.717) is 63.6 Å². The molecule has 0 bridgehead atoms. The van der Waals surface area contributed by atoms with Crippen molar-refractivity contribution >= 4 is 41.4 Å². The minimum absolute atomic E-state index is 0.0333. The van der Waals surface area contributed by atoms with Crippen molar-refractivity contribution in [1.29, 1.82) is 0 Å². The molecule has 2 aliphatic rings. The first-order valence-corrected chi connectivity index (χ1v) is 17.1. The number of benzene rings is 2. The fraction of sp³-hybridized carbons (Fsp3) is 0.500. The van der Waals surface area contributed by atoms with Crippen molar-refractivity contribution in [3.8, 4) is 0 Å². The maximum atomic E-state index is 14.0. The number of carboxylic acids is 2. The van der Waals surface area contributed by atoms with Crippen molar-refractivity contribution < 1.29 is 44.7 Å². The van der Waals surface area contributed by atoms with Gasteiger partial charge >= 0.3 is 11.9 Å². The van der Waals surface area contributed by atoms with Gasteiger partial charge in [0, 0.05) is 18.7 Å². The first kappa shape index (κ1) is 39.5. The minimum atomic E-state index is -1.38. The molecule has 2 aromatic rings. The first-order valence-electron chi connectivity index (χ1n) is 17.1. The maximum Gasteiger partial charge on any atom is 0.362 e. The Bertz CT molecular complexity index is 1490. The Morgan fingerprint density at radius 2 is 1.74 bits per heavy atom. The predicted octanol–water partition coefficient (Wildman–Crippen LogP) is 0.308. The minimum Gasteiger partial charge on any atom is -0.548 e. The number of anilines is 1. The van der Waals surface area contributed by atoms with E-state index in [-0.39, 0.29) is 18.5 Å². The SMILES string of the molecule is CCOC(=O)[C@H](CCc1ccccc1)C1(C(=O)N[C@H]2CCc3ccccc3N(CC(=O)[O-])C2=O)CCCC1.NC(N)=NCCC[C@H]([NH3+])C(=O)O. The van der Waals surface area contributed by atoms with Crippen molar-refractivity contribution in [3.63, 3.8) is 0 Å². The highest BCUT2D eigenvalue weighted by Crippen LogP contribution is 2.47. The zero-order valence-corrected chi connectivity index (χ0v) is 28.7. The third kappa shape index (κ3) is 11.0. The first-order chi connectivity index (χ1) is 23.9. The van der Waals surface area contributed by atoms with E-state index in [0.717, 1.165) is 24.0 Å². The second-order valence-electron chi connectivity index (χ2n) is 12.7. The van der Waals surface area contributed by atoms with Crippen LogP contribution in [0.4, 0.5) is 5.69 Å². The number of aliphatic imine (C=N–C) groups is 1. The average molecular weight is 695 g/mol. The van der Waals surface area contributed by atoms with Gasteiger partial charge in [0.2, 0.25) is 11.8 Å². The highest BCUT2D eigenvalue weighted by Gasteiger charge is 2.52. The van der Waals surface area contributed by atoms with Crippen LogP contribution in [-0.4, -0.2) is 72.6 Å². The summed E-state index contributed by atoms with van der Waals surface area (Å²) >= 11 is 0. The van der Waals surface area contributed by atoms with E-state index in [2.05, 4.69) is 16.0 Å². The molecular weight excluding hydrogens is 644 g/mol. The van der Waals surface area contributed by atoms with E-state index in [9.17, 15) is 29.1 Å². The molecule has 272 valence electrons. The molecule has 1 aliphatic carbocycles. The number of aliphatic carboxylic acids is 2. The molecule has 2 amide bonds. The molecule has 4 rings (SSSR count). The maximum absolute atomic E-state index is 14.0. The summed E-state index contributed by atoms with van der Waals surface area (Å²) in [7, 11) is 0. The van der Waals surface area contributed by atoms with Crippen LogP contribution in [0.3, 0.4) is 0 Å². The van der Waals surface area contributed by atoms with Gasteiger partial charge in [-0.15, -0.1) is 0 Å². The number of amides is 2. The summed E-state index contributed by atoms with van der Waals surface area (Å²) < 4.78 is 5.45. The molecule has 0 aromatic heterocycles. The number of fused-ring (bicyclic) bond motifs is 1. The molecule has 1 saturated carbocycles. The zero-order chi connectivity index (χ0) is 36.7. The summed E-state index contributed by atoms with van der Waals surface area (Å²) in [4.78, 5) is 67.5. The van der Waals surface area contributed by atoms with Gasteiger partial charge in [-0.2, -0.15) is 0 Å². The molecular formula is C36H50N6O8. The van der Waals surface area contributed by atoms with Crippen LogP contribution in [-0.2, 0) is 41.6 Å².